The molecule has 0 saturated carbocycles. The summed E-state index contributed by atoms with van der Waals surface area (Å²) in [5.41, 5.74) is 1.87. The van der Waals surface area contributed by atoms with Crippen LogP contribution in [0, 0.1) is 6.92 Å². The molecule has 2 aromatic rings. The Labute approximate surface area is 141 Å². The van der Waals surface area contributed by atoms with E-state index >= 15 is 0 Å². The van der Waals surface area contributed by atoms with Crippen molar-refractivity contribution < 1.29 is 13.2 Å². The van der Waals surface area contributed by atoms with E-state index in [1.165, 1.54) is 24.3 Å². The monoisotopic (exact) mass is 345 g/mol. The molecule has 1 amide bonds. The first-order chi connectivity index (χ1) is 11.4. The van der Waals surface area contributed by atoms with Gasteiger partial charge in [-0.3, -0.25) is 9.78 Å². The summed E-state index contributed by atoms with van der Waals surface area (Å²) in [5, 5.41) is 2.73. The van der Waals surface area contributed by atoms with Crippen molar-refractivity contribution in [1.82, 2.24) is 15.0 Å². The maximum Gasteiger partial charge on any atom is 0.251 e. The molecule has 1 heterocycles. The van der Waals surface area contributed by atoms with Crippen LogP contribution in [0.1, 0.15) is 21.7 Å². The highest BCUT2D eigenvalue weighted by Gasteiger charge is 2.15. The Kier molecular flexibility index (Phi) is 5.83. The van der Waals surface area contributed by atoms with Gasteiger partial charge in [0.05, 0.1) is 17.1 Å². The Bertz CT molecular complexity index is 848. The largest absolute Gasteiger partial charge is 0.346 e. The Hall–Kier alpha value is -2.51. The molecule has 126 valence electrons. The molecule has 0 radical (unpaired) electrons. The molecule has 0 aliphatic heterocycles. The third-order valence-corrected chi connectivity index (χ3v) is 4.62. The number of pyridine rings is 1. The molecule has 0 atom stereocenters. The van der Waals surface area contributed by atoms with Gasteiger partial charge in [-0.2, -0.15) is 0 Å². The van der Waals surface area contributed by atoms with Crippen molar-refractivity contribution >= 4 is 15.9 Å². The highest BCUT2D eigenvalue weighted by atomic mass is 32.2. The Morgan fingerprint density at radius 1 is 1.25 bits per heavy atom. The Morgan fingerprint density at radius 3 is 2.71 bits per heavy atom. The SMILES string of the molecule is C=CCNS(=O)(=O)c1cccc(C(=O)NCc2cccc(C)n2)c1. The molecule has 7 heteroatoms. The van der Waals surface area contributed by atoms with E-state index < -0.39 is 10.0 Å². The van der Waals surface area contributed by atoms with E-state index in [0.29, 0.717) is 0 Å². The summed E-state index contributed by atoms with van der Waals surface area (Å²) < 4.78 is 26.5. The second-order valence-corrected chi connectivity index (χ2v) is 6.89. The number of aryl methyl sites for hydroxylation is 1. The van der Waals surface area contributed by atoms with E-state index in [9.17, 15) is 13.2 Å². The molecule has 0 spiro atoms. The van der Waals surface area contributed by atoms with Gasteiger partial charge in [0.15, 0.2) is 0 Å². The summed E-state index contributed by atoms with van der Waals surface area (Å²) >= 11 is 0. The topological polar surface area (TPSA) is 88.2 Å². The first kappa shape index (κ1) is 17.8. The molecule has 0 bridgehead atoms. The van der Waals surface area contributed by atoms with E-state index in [2.05, 4.69) is 21.6 Å². The average Bonchev–Trinajstić information content (AvgIpc) is 2.58. The average molecular weight is 345 g/mol. The van der Waals surface area contributed by atoms with Crippen LogP contribution in [0.5, 0.6) is 0 Å². The number of carbonyl (C=O) groups is 1. The van der Waals surface area contributed by atoms with Crippen molar-refractivity contribution in [3.8, 4) is 0 Å². The zero-order chi connectivity index (χ0) is 17.6. The van der Waals surface area contributed by atoms with Gasteiger partial charge in [-0.25, -0.2) is 13.1 Å². The standard InChI is InChI=1S/C17H19N3O3S/c1-3-10-19-24(22,23)16-9-5-7-14(11-16)17(21)18-12-15-8-4-6-13(2)20-15/h3-9,11,19H,1,10,12H2,2H3,(H,18,21). The fraction of sp³-hybridized carbons (Fsp3) is 0.176. The number of hydrogen-bond acceptors (Lipinski definition) is 4. The van der Waals surface area contributed by atoms with Crippen molar-refractivity contribution in [2.75, 3.05) is 6.54 Å². The zero-order valence-corrected chi connectivity index (χ0v) is 14.1. The predicted molar refractivity (Wildman–Crippen MR) is 92.0 cm³/mol. The molecule has 6 nitrogen and oxygen atoms in total. The van der Waals surface area contributed by atoms with Gasteiger partial charge in [-0.1, -0.05) is 18.2 Å². The molecule has 2 N–H and O–H groups in total. The van der Waals surface area contributed by atoms with E-state index in [4.69, 9.17) is 0 Å². The molecule has 2 rings (SSSR count). The summed E-state index contributed by atoms with van der Waals surface area (Å²) in [5.74, 6) is -0.362. The van der Waals surface area contributed by atoms with Crippen molar-refractivity contribution in [3.05, 3.63) is 72.1 Å². The summed E-state index contributed by atoms with van der Waals surface area (Å²) in [7, 11) is -3.66. The van der Waals surface area contributed by atoms with E-state index in [1.807, 2.05) is 25.1 Å². The summed E-state index contributed by atoms with van der Waals surface area (Å²) in [6, 6.07) is 11.4. The zero-order valence-electron chi connectivity index (χ0n) is 13.3. The van der Waals surface area contributed by atoms with Gasteiger partial charge in [0.2, 0.25) is 10.0 Å². The number of aromatic nitrogens is 1. The number of benzene rings is 1. The number of rotatable bonds is 7. The number of hydrogen-bond donors (Lipinski definition) is 2. The number of nitrogens with zero attached hydrogens (tertiary/aromatic N) is 1. The minimum absolute atomic E-state index is 0.0330. The van der Waals surface area contributed by atoms with Crippen LogP contribution in [0.25, 0.3) is 0 Å². The molecule has 0 fully saturated rings. The van der Waals surface area contributed by atoms with Crippen molar-refractivity contribution in [3.63, 3.8) is 0 Å². The normalized spacial score (nSPS) is 11.0. The lowest BCUT2D eigenvalue weighted by Gasteiger charge is -2.08. The van der Waals surface area contributed by atoms with E-state index in [0.717, 1.165) is 11.4 Å². The Morgan fingerprint density at radius 2 is 2.00 bits per heavy atom. The van der Waals surface area contributed by atoms with Crippen LogP contribution in [0.2, 0.25) is 0 Å². The summed E-state index contributed by atoms with van der Waals surface area (Å²) in [4.78, 5) is 16.6. The first-order valence-corrected chi connectivity index (χ1v) is 8.82. The van der Waals surface area contributed by atoms with Gasteiger partial charge in [0.1, 0.15) is 0 Å². The van der Waals surface area contributed by atoms with Crippen LogP contribution >= 0.6 is 0 Å². The number of amides is 1. The van der Waals surface area contributed by atoms with Crippen LogP contribution < -0.4 is 10.0 Å². The highest BCUT2D eigenvalue weighted by Crippen LogP contribution is 2.11. The summed E-state index contributed by atoms with van der Waals surface area (Å²) in [6.07, 6.45) is 1.45. The van der Waals surface area contributed by atoms with Crippen LogP contribution in [0.15, 0.2) is 60.0 Å². The molecule has 1 aromatic carbocycles. The minimum Gasteiger partial charge on any atom is -0.346 e. The lowest BCUT2D eigenvalue weighted by molar-refractivity contribution is 0.0950. The molecular formula is C17H19N3O3S. The van der Waals surface area contributed by atoms with Gasteiger partial charge < -0.3 is 5.32 Å². The van der Waals surface area contributed by atoms with Crippen LogP contribution in [-0.4, -0.2) is 25.9 Å². The predicted octanol–water partition coefficient (Wildman–Crippen LogP) is 1.78. The number of sulfonamides is 1. The smallest absolute Gasteiger partial charge is 0.251 e. The van der Waals surface area contributed by atoms with Crippen LogP contribution in [-0.2, 0) is 16.6 Å². The fourth-order valence-corrected chi connectivity index (χ4v) is 3.07. The minimum atomic E-state index is -3.66. The molecular weight excluding hydrogens is 326 g/mol. The van der Waals surface area contributed by atoms with Crippen LogP contribution in [0.3, 0.4) is 0 Å². The molecule has 1 aromatic heterocycles. The van der Waals surface area contributed by atoms with Crippen molar-refractivity contribution in [2.45, 2.75) is 18.4 Å². The maximum atomic E-state index is 12.2. The highest BCUT2D eigenvalue weighted by molar-refractivity contribution is 7.89. The van der Waals surface area contributed by atoms with Gasteiger partial charge in [0.25, 0.3) is 5.91 Å². The fourth-order valence-electron chi connectivity index (χ4n) is 2.03. The maximum absolute atomic E-state index is 12.2. The van der Waals surface area contributed by atoms with Crippen LogP contribution in [0.4, 0.5) is 0 Å². The number of carbonyl (C=O) groups excluding carboxylic acids is 1. The van der Waals surface area contributed by atoms with E-state index in [1.54, 1.807) is 6.07 Å². The second-order valence-electron chi connectivity index (χ2n) is 5.12. The van der Waals surface area contributed by atoms with Gasteiger partial charge >= 0.3 is 0 Å². The number of nitrogens with one attached hydrogen (secondary N) is 2. The Balaban J connectivity index is 2.10. The van der Waals surface area contributed by atoms with Gasteiger partial charge in [-0.15, -0.1) is 6.58 Å². The molecule has 0 aliphatic carbocycles. The third-order valence-electron chi connectivity index (χ3n) is 3.20. The third kappa shape index (κ3) is 4.74. The second kappa shape index (κ2) is 7.85. The lowest BCUT2D eigenvalue weighted by atomic mass is 10.2. The molecule has 24 heavy (non-hydrogen) atoms. The molecule has 0 unspecified atom stereocenters. The first-order valence-electron chi connectivity index (χ1n) is 7.34. The van der Waals surface area contributed by atoms with E-state index in [-0.39, 0.29) is 29.5 Å². The molecule has 0 saturated heterocycles. The molecule has 0 aliphatic rings. The van der Waals surface area contributed by atoms with Gasteiger partial charge in [-0.05, 0) is 37.3 Å². The quantitative estimate of drug-likeness (QED) is 0.749. The van der Waals surface area contributed by atoms with Crippen molar-refractivity contribution in [2.24, 2.45) is 0 Å². The van der Waals surface area contributed by atoms with Crippen molar-refractivity contribution in [1.29, 1.82) is 0 Å². The summed E-state index contributed by atoms with van der Waals surface area (Å²) in [6.45, 7) is 5.73. The lowest BCUT2D eigenvalue weighted by Crippen LogP contribution is -2.26. The van der Waals surface area contributed by atoms with Gasteiger partial charge in [0, 0.05) is 17.8 Å².